The van der Waals surface area contributed by atoms with Crippen molar-refractivity contribution in [1.29, 1.82) is 0 Å². The van der Waals surface area contributed by atoms with Gasteiger partial charge in [0.15, 0.2) is 11.5 Å². The van der Waals surface area contributed by atoms with E-state index in [4.69, 9.17) is 9.47 Å². The van der Waals surface area contributed by atoms with Crippen LogP contribution in [0.1, 0.15) is 12.5 Å². The second-order valence-corrected chi connectivity index (χ2v) is 3.24. The van der Waals surface area contributed by atoms with E-state index in [9.17, 15) is 0 Å². The molecule has 0 heterocycles. The summed E-state index contributed by atoms with van der Waals surface area (Å²) in [7, 11) is 3.61. The first-order valence-corrected chi connectivity index (χ1v) is 5.26. The fraction of sp³-hybridized carbons (Fsp3) is 0.500. The lowest BCUT2D eigenvalue weighted by molar-refractivity contribution is 0.307. The minimum atomic E-state index is 0.660. The van der Waals surface area contributed by atoms with Gasteiger partial charge < -0.3 is 14.8 Å². The van der Waals surface area contributed by atoms with Gasteiger partial charge in [-0.2, -0.15) is 0 Å². The number of rotatable bonds is 6. The van der Waals surface area contributed by atoms with Crippen molar-refractivity contribution in [3.8, 4) is 11.5 Å². The third-order valence-corrected chi connectivity index (χ3v) is 2.21. The summed E-state index contributed by atoms with van der Waals surface area (Å²) in [6.45, 7) is 3.58. The molecule has 0 saturated heterocycles. The van der Waals surface area contributed by atoms with Gasteiger partial charge in [0.05, 0.1) is 13.7 Å². The van der Waals surface area contributed by atoms with Crippen molar-refractivity contribution in [2.24, 2.45) is 0 Å². The highest BCUT2D eigenvalue weighted by Crippen LogP contribution is 2.31. The molecule has 1 aromatic carbocycles. The van der Waals surface area contributed by atoms with Crippen LogP contribution in [0.3, 0.4) is 0 Å². The zero-order chi connectivity index (χ0) is 11.1. The van der Waals surface area contributed by atoms with Gasteiger partial charge >= 0.3 is 0 Å². The maximum absolute atomic E-state index is 5.60. The van der Waals surface area contributed by atoms with E-state index in [-0.39, 0.29) is 0 Å². The Labute approximate surface area is 91.4 Å². The van der Waals surface area contributed by atoms with Crippen LogP contribution in [0.25, 0.3) is 0 Å². The zero-order valence-corrected chi connectivity index (χ0v) is 9.67. The maximum Gasteiger partial charge on any atom is 0.164 e. The van der Waals surface area contributed by atoms with Crippen molar-refractivity contribution < 1.29 is 9.47 Å². The highest BCUT2D eigenvalue weighted by molar-refractivity contribution is 5.46. The minimum Gasteiger partial charge on any atom is -0.493 e. The number of para-hydroxylation sites is 1. The third kappa shape index (κ3) is 3.13. The number of methoxy groups -OCH3 is 1. The van der Waals surface area contributed by atoms with Crippen LogP contribution in [0.15, 0.2) is 18.2 Å². The molecular formula is C12H19NO2. The summed E-state index contributed by atoms with van der Waals surface area (Å²) in [6.07, 6.45) is 0.947. The molecule has 0 bridgehead atoms. The molecule has 3 nitrogen and oxygen atoms in total. The maximum atomic E-state index is 5.60. The van der Waals surface area contributed by atoms with Crippen molar-refractivity contribution >= 4 is 0 Å². The van der Waals surface area contributed by atoms with Gasteiger partial charge in [0.1, 0.15) is 0 Å². The Morgan fingerprint density at radius 1 is 1.33 bits per heavy atom. The predicted octanol–water partition coefficient (Wildman–Crippen LogP) is 1.86. The van der Waals surface area contributed by atoms with Crippen LogP contribution in [-0.2, 0) is 6.42 Å². The van der Waals surface area contributed by atoms with Crippen LogP contribution in [0, 0.1) is 0 Å². The Balaban J connectivity index is 2.90. The molecule has 15 heavy (non-hydrogen) atoms. The summed E-state index contributed by atoms with van der Waals surface area (Å²) >= 11 is 0. The van der Waals surface area contributed by atoms with E-state index in [2.05, 4.69) is 11.4 Å². The number of likely N-dealkylation sites (N-methyl/N-ethyl adjacent to an activating group) is 1. The number of ether oxygens (including phenoxy) is 2. The first kappa shape index (κ1) is 11.9. The fourth-order valence-corrected chi connectivity index (χ4v) is 1.49. The Hall–Kier alpha value is -1.22. The SMILES string of the molecule is CCOc1c(CCNC)cccc1OC. The molecule has 0 radical (unpaired) electrons. The van der Waals surface area contributed by atoms with E-state index >= 15 is 0 Å². The molecule has 0 unspecified atom stereocenters. The summed E-state index contributed by atoms with van der Waals surface area (Å²) in [4.78, 5) is 0. The fourth-order valence-electron chi connectivity index (χ4n) is 1.49. The minimum absolute atomic E-state index is 0.660. The molecule has 0 saturated carbocycles. The molecule has 84 valence electrons. The van der Waals surface area contributed by atoms with Crippen LogP contribution in [0.5, 0.6) is 11.5 Å². The molecule has 1 aromatic rings. The van der Waals surface area contributed by atoms with Crippen LogP contribution >= 0.6 is 0 Å². The molecular weight excluding hydrogens is 190 g/mol. The standard InChI is InChI=1S/C12H19NO2/c1-4-15-12-10(8-9-13-2)6-5-7-11(12)14-3/h5-7,13H,4,8-9H2,1-3H3. The van der Waals surface area contributed by atoms with Crippen LogP contribution < -0.4 is 14.8 Å². The number of nitrogens with one attached hydrogen (secondary N) is 1. The quantitative estimate of drug-likeness (QED) is 0.775. The van der Waals surface area contributed by atoms with E-state index in [0.29, 0.717) is 6.61 Å². The van der Waals surface area contributed by atoms with Crippen LogP contribution in [-0.4, -0.2) is 27.3 Å². The van der Waals surface area contributed by atoms with Crippen molar-refractivity contribution in [3.63, 3.8) is 0 Å². The lowest BCUT2D eigenvalue weighted by atomic mass is 10.1. The summed E-state index contributed by atoms with van der Waals surface area (Å²) in [5.74, 6) is 1.68. The first-order chi connectivity index (χ1) is 7.33. The second-order valence-electron chi connectivity index (χ2n) is 3.24. The first-order valence-electron chi connectivity index (χ1n) is 5.26. The van der Waals surface area contributed by atoms with Crippen molar-refractivity contribution in [2.45, 2.75) is 13.3 Å². The number of benzene rings is 1. The van der Waals surface area contributed by atoms with Crippen molar-refractivity contribution in [2.75, 3.05) is 27.3 Å². The molecule has 0 spiro atoms. The molecule has 0 fully saturated rings. The molecule has 0 aliphatic carbocycles. The zero-order valence-electron chi connectivity index (χ0n) is 9.67. The largest absolute Gasteiger partial charge is 0.493 e. The van der Waals surface area contributed by atoms with Gasteiger partial charge in [-0.1, -0.05) is 12.1 Å². The Morgan fingerprint density at radius 3 is 2.73 bits per heavy atom. The smallest absolute Gasteiger partial charge is 0.164 e. The van der Waals surface area contributed by atoms with Crippen LogP contribution in [0.4, 0.5) is 0 Å². The molecule has 3 heteroatoms. The summed E-state index contributed by atoms with van der Waals surface area (Å²) < 4.78 is 10.9. The highest BCUT2D eigenvalue weighted by Gasteiger charge is 2.08. The summed E-state index contributed by atoms with van der Waals surface area (Å²) in [5.41, 5.74) is 1.19. The van der Waals surface area contributed by atoms with E-state index in [1.807, 2.05) is 26.1 Å². The average Bonchev–Trinajstić information content (AvgIpc) is 2.28. The second kappa shape index (κ2) is 6.30. The number of hydrogen-bond donors (Lipinski definition) is 1. The van der Waals surface area contributed by atoms with Gasteiger partial charge in [-0.3, -0.25) is 0 Å². The summed E-state index contributed by atoms with van der Waals surface area (Å²) in [5, 5.41) is 3.13. The van der Waals surface area contributed by atoms with Gasteiger partial charge in [0.25, 0.3) is 0 Å². The lowest BCUT2D eigenvalue weighted by Crippen LogP contribution is -2.11. The summed E-state index contributed by atoms with van der Waals surface area (Å²) in [6, 6.07) is 5.99. The average molecular weight is 209 g/mol. The number of hydrogen-bond acceptors (Lipinski definition) is 3. The van der Waals surface area contributed by atoms with Crippen LogP contribution in [0.2, 0.25) is 0 Å². The van der Waals surface area contributed by atoms with Crippen molar-refractivity contribution in [1.82, 2.24) is 5.32 Å². The lowest BCUT2D eigenvalue weighted by Gasteiger charge is -2.13. The molecule has 0 aliphatic rings. The van der Waals surface area contributed by atoms with Crippen molar-refractivity contribution in [3.05, 3.63) is 23.8 Å². The topological polar surface area (TPSA) is 30.5 Å². The van der Waals surface area contributed by atoms with E-state index in [1.54, 1.807) is 7.11 Å². The molecule has 0 amide bonds. The van der Waals surface area contributed by atoms with E-state index in [1.165, 1.54) is 5.56 Å². The monoisotopic (exact) mass is 209 g/mol. The van der Waals surface area contributed by atoms with E-state index < -0.39 is 0 Å². The highest BCUT2D eigenvalue weighted by atomic mass is 16.5. The van der Waals surface area contributed by atoms with Gasteiger partial charge in [-0.05, 0) is 38.6 Å². The predicted molar refractivity (Wildman–Crippen MR) is 61.8 cm³/mol. The Morgan fingerprint density at radius 2 is 2.13 bits per heavy atom. The normalized spacial score (nSPS) is 10.1. The van der Waals surface area contributed by atoms with Gasteiger partial charge in [-0.25, -0.2) is 0 Å². The molecule has 1 rings (SSSR count). The third-order valence-electron chi connectivity index (χ3n) is 2.21. The molecule has 0 atom stereocenters. The Kier molecular flexibility index (Phi) is 4.98. The Bertz CT molecular complexity index is 300. The molecule has 1 N–H and O–H groups in total. The van der Waals surface area contributed by atoms with Gasteiger partial charge in [0.2, 0.25) is 0 Å². The molecule has 0 aromatic heterocycles. The van der Waals surface area contributed by atoms with Gasteiger partial charge in [0, 0.05) is 0 Å². The van der Waals surface area contributed by atoms with E-state index in [0.717, 1.165) is 24.5 Å². The molecule has 0 aliphatic heterocycles. The van der Waals surface area contributed by atoms with Gasteiger partial charge in [-0.15, -0.1) is 0 Å².